The molecule has 1 aromatic rings. The van der Waals surface area contributed by atoms with Crippen molar-refractivity contribution in [3.05, 3.63) is 17.5 Å². The summed E-state index contributed by atoms with van der Waals surface area (Å²) < 4.78 is 1.84. The monoisotopic (exact) mass is 278 g/mol. The minimum atomic E-state index is -0.654. The number of carbonyl (C=O) groups excluding carboxylic acids is 1. The first-order valence-electron chi connectivity index (χ1n) is 7.39. The van der Waals surface area contributed by atoms with Gasteiger partial charge in [0.05, 0.1) is 30.9 Å². The quantitative estimate of drug-likeness (QED) is 0.736. The molecule has 0 saturated heterocycles. The number of nitrogens with two attached hydrogens (primary N) is 1. The highest BCUT2D eigenvalue weighted by Gasteiger charge is 2.41. The molecule has 1 atom stereocenters. The van der Waals surface area contributed by atoms with Gasteiger partial charge in [-0.3, -0.25) is 9.48 Å². The summed E-state index contributed by atoms with van der Waals surface area (Å²) in [5, 5.41) is 16.5. The van der Waals surface area contributed by atoms with Gasteiger partial charge in [0.2, 0.25) is 5.91 Å². The molecule has 1 fully saturated rings. The molecular weight excluding hydrogens is 256 g/mol. The van der Waals surface area contributed by atoms with Gasteiger partial charge in [-0.1, -0.05) is 0 Å². The normalized spacial score (nSPS) is 23.8. The maximum absolute atomic E-state index is 12.3. The molecule has 0 radical (unpaired) electrons. The molecule has 110 valence electrons. The van der Waals surface area contributed by atoms with Gasteiger partial charge in [0, 0.05) is 11.3 Å². The van der Waals surface area contributed by atoms with E-state index in [2.05, 4.69) is 10.4 Å². The van der Waals surface area contributed by atoms with Crippen LogP contribution in [0.1, 0.15) is 49.4 Å². The van der Waals surface area contributed by atoms with Crippen molar-refractivity contribution >= 4 is 5.91 Å². The van der Waals surface area contributed by atoms with Crippen LogP contribution in [0.5, 0.6) is 0 Å². The minimum Gasteiger partial charge on any atom is -0.394 e. The number of aliphatic hydroxyl groups excluding tert-OH is 1. The van der Waals surface area contributed by atoms with Crippen LogP contribution in [0.2, 0.25) is 0 Å². The van der Waals surface area contributed by atoms with Crippen LogP contribution in [0.3, 0.4) is 0 Å². The molecule has 2 aliphatic carbocycles. The number of aliphatic hydroxyl groups is 1. The zero-order valence-electron chi connectivity index (χ0n) is 11.6. The average molecular weight is 278 g/mol. The maximum atomic E-state index is 12.3. The number of aromatic nitrogens is 2. The van der Waals surface area contributed by atoms with E-state index in [0.717, 1.165) is 49.8 Å². The fourth-order valence-corrected chi connectivity index (χ4v) is 3.14. The lowest BCUT2D eigenvalue weighted by Gasteiger charge is -2.38. The van der Waals surface area contributed by atoms with E-state index in [0.29, 0.717) is 6.54 Å². The van der Waals surface area contributed by atoms with Gasteiger partial charge < -0.3 is 16.2 Å². The van der Waals surface area contributed by atoms with Gasteiger partial charge in [-0.25, -0.2) is 0 Å². The van der Waals surface area contributed by atoms with E-state index in [-0.39, 0.29) is 18.6 Å². The van der Waals surface area contributed by atoms with Gasteiger partial charge in [-0.05, 0) is 38.5 Å². The molecule has 0 aromatic carbocycles. The first-order chi connectivity index (χ1) is 9.64. The second kappa shape index (κ2) is 5.18. The van der Waals surface area contributed by atoms with E-state index in [4.69, 9.17) is 10.8 Å². The molecule has 1 aromatic heterocycles. The highest BCUT2D eigenvalue weighted by molar-refractivity contribution is 5.87. The van der Waals surface area contributed by atoms with Crippen LogP contribution in [-0.2, 0) is 17.8 Å². The van der Waals surface area contributed by atoms with Gasteiger partial charge in [-0.15, -0.1) is 0 Å². The second-order valence-electron chi connectivity index (χ2n) is 5.92. The van der Waals surface area contributed by atoms with E-state index >= 15 is 0 Å². The zero-order chi connectivity index (χ0) is 14.2. The Labute approximate surface area is 118 Å². The highest BCUT2D eigenvalue weighted by atomic mass is 16.3. The molecule has 6 nitrogen and oxygen atoms in total. The summed E-state index contributed by atoms with van der Waals surface area (Å²) in [7, 11) is 0. The molecule has 1 saturated carbocycles. The fraction of sp³-hybridized carbons (Fsp3) is 0.714. The Morgan fingerprint density at radius 1 is 1.55 bits per heavy atom. The molecule has 1 amide bonds. The second-order valence-corrected chi connectivity index (χ2v) is 5.92. The Morgan fingerprint density at radius 3 is 3.00 bits per heavy atom. The predicted molar refractivity (Wildman–Crippen MR) is 73.9 cm³/mol. The third-order valence-electron chi connectivity index (χ3n) is 4.58. The predicted octanol–water partition coefficient (Wildman–Crippen LogP) is 0.250. The SMILES string of the molecule is NC1(C(=O)NC2CCCc3c2cnn3CCO)CCC1. The van der Waals surface area contributed by atoms with E-state index in [9.17, 15) is 4.79 Å². The number of fused-ring (bicyclic) bond motifs is 1. The maximum Gasteiger partial charge on any atom is 0.240 e. The Morgan fingerprint density at radius 2 is 2.35 bits per heavy atom. The topological polar surface area (TPSA) is 93.2 Å². The molecule has 2 aliphatic rings. The summed E-state index contributed by atoms with van der Waals surface area (Å²) in [5.74, 6) is -0.0310. The van der Waals surface area contributed by atoms with Crippen molar-refractivity contribution < 1.29 is 9.90 Å². The third-order valence-corrected chi connectivity index (χ3v) is 4.58. The van der Waals surface area contributed by atoms with Crippen LogP contribution in [0.4, 0.5) is 0 Å². The van der Waals surface area contributed by atoms with Gasteiger partial charge in [-0.2, -0.15) is 5.10 Å². The van der Waals surface area contributed by atoms with E-state index < -0.39 is 5.54 Å². The number of nitrogens with zero attached hydrogens (tertiary/aromatic N) is 2. The van der Waals surface area contributed by atoms with Crippen molar-refractivity contribution in [3.63, 3.8) is 0 Å². The van der Waals surface area contributed by atoms with Crippen LogP contribution < -0.4 is 11.1 Å². The summed E-state index contributed by atoms with van der Waals surface area (Å²) in [4.78, 5) is 12.3. The molecule has 0 spiro atoms. The Balaban J connectivity index is 1.75. The van der Waals surface area contributed by atoms with Gasteiger partial charge in [0.25, 0.3) is 0 Å². The molecular formula is C14H22N4O2. The lowest BCUT2D eigenvalue weighted by Crippen LogP contribution is -2.59. The van der Waals surface area contributed by atoms with Crippen LogP contribution >= 0.6 is 0 Å². The smallest absolute Gasteiger partial charge is 0.240 e. The van der Waals surface area contributed by atoms with Crippen LogP contribution in [0, 0.1) is 0 Å². The Kier molecular flexibility index (Phi) is 3.52. The lowest BCUT2D eigenvalue weighted by molar-refractivity contribution is -0.130. The molecule has 4 N–H and O–H groups in total. The summed E-state index contributed by atoms with van der Waals surface area (Å²) >= 11 is 0. The molecule has 6 heteroatoms. The third kappa shape index (κ3) is 2.23. The number of amides is 1. The van der Waals surface area contributed by atoms with Crippen LogP contribution in [0.15, 0.2) is 6.20 Å². The van der Waals surface area contributed by atoms with E-state index in [1.807, 2.05) is 10.9 Å². The zero-order valence-corrected chi connectivity index (χ0v) is 11.6. The largest absolute Gasteiger partial charge is 0.394 e. The average Bonchev–Trinajstić information content (AvgIpc) is 2.81. The number of hydrogen-bond acceptors (Lipinski definition) is 4. The number of hydrogen-bond donors (Lipinski definition) is 3. The van der Waals surface area contributed by atoms with Crippen molar-refractivity contribution in [1.82, 2.24) is 15.1 Å². The van der Waals surface area contributed by atoms with Crippen molar-refractivity contribution in [2.75, 3.05) is 6.61 Å². The molecule has 20 heavy (non-hydrogen) atoms. The van der Waals surface area contributed by atoms with Crippen molar-refractivity contribution in [3.8, 4) is 0 Å². The minimum absolute atomic E-state index is 0.0136. The number of rotatable bonds is 4. The highest BCUT2D eigenvalue weighted by Crippen LogP contribution is 2.33. The molecule has 3 rings (SSSR count). The molecule has 0 bridgehead atoms. The van der Waals surface area contributed by atoms with E-state index in [1.165, 1.54) is 0 Å². The van der Waals surface area contributed by atoms with Crippen LogP contribution in [0.25, 0.3) is 0 Å². The standard InChI is InChI=1S/C14H22N4O2/c15-14(5-2-6-14)13(20)17-11-3-1-4-12-10(11)9-16-18(12)7-8-19/h9,11,19H,1-8,15H2,(H,17,20). The Bertz CT molecular complexity index is 507. The van der Waals surface area contributed by atoms with Gasteiger partial charge >= 0.3 is 0 Å². The lowest BCUT2D eigenvalue weighted by atomic mass is 9.76. The van der Waals surface area contributed by atoms with Gasteiger partial charge in [0.15, 0.2) is 0 Å². The summed E-state index contributed by atoms with van der Waals surface area (Å²) in [6, 6.07) is 0.0136. The fourth-order valence-electron chi connectivity index (χ4n) is 3.14. The Hall–Kier alpha value is -1.40. The van der Waals surface area contributed by atoms with E-state index in [1.54, 1.807) is 0 Å². The number of carbonyl (C=O) groups is 1. The van der Waals surface area contributed by atoms with Crippen LogP contribution in [-0.4, -0.2) is 32.9 Å². The first kappa shape index (κ1) is 13.6. The summed E-state index contributed by atoms with van der Waals surface area (Å²) in [6.45, 7) is 0.591. The number of nitrogens with one attached hydrogen (secondary N) is 1. The summed E-state index contributed by atoms with van der Waals surface area (Å²) in [6.07, 6.45) is 7.32. The molecule has 1 heterocycles. The first-order valence-corrected chi connectivity index (χ1v) is 7.39. The van der Waals surface area contributed by atoms with Crippen molar-refractivity contribution in [1.29, 1.82) is 0 Å². The molecule has 0 aliphatic heterocycles. The van der Waals surface area contributed by atoms with Gasteiger partial charge in [0.1, 0.15) is 0 Å². The molecule has 1 unspecified atom stereocenters. The van der Waals surface area contributed by atoms with Crippen molar-refractivity contribution in [2.45, 2.75) is 56.7 Å². The summed E-state index contributed by atoms with van der Waals surface area (Å²) in [5.41, 5.74) is 7.64. The van der Waals surface area contributed by atoms with Crippen molar-refractivity contribution in [2.24, 2.45) is 5.73 Å².